The Labute approximate surface area is 104 Å². The van der Waals surface area contributed by atoms with E-state index < -0.39 is 11.9 Å². The molecule has 0 bridgehead atoms. The number of carboxylic acid groups (broad SMARTS) is 1. The number of carbonyl (C=O) groups is 2. The van der Waals surface area contributed by atoms with E-state index in [1.54, 1.807) is 12.1 Å². The van der Waals surface area contributed by atoms with Gasteiger partial charge in [-0.25, -0.2) is 4.79 Å². The molecule has 0 spiro atoms. The smallest absolute Gasteiger partial charge is 0.336 e. The predicted octanol–water partition coefficient (Wildman–Crippen LogP) is 0.123. The monoisotopic (exact) mass is 253 g/mol. The molecule has 0 saturated heterocycles. The summed E-state index contributed by atoms with van der Waals surface area (Å²) in [5.41, 5.74) is 0.0819. The number of nitrogens with one attached hydrogen (secondary N) is 1. The second kappa shape index (κ2) is 7.41. The van der Waals surface area contributed by atoms with Gasteiger partial charge in [0, 0.05) is 6.54 Å². The first kappa shape index (κ1) is 14.1. The number of aliphatic hydroxyl groups is 1. The van der Waals surface area contributed by atoms with Gasteiger partial charge in [0.1, 0.15) is 0 Å². The van der Waals surface area contributed by atoms with E-state index in [0.29, 0.717) is 0 Å². The quantitative estimate of drug-likeness (QED) is 0.600. The summed E-state index contributed by atoms with van der Waals surface area (Å²) >= 11 is 0. The number of amides is 1. The van der Waals surface area contributed by atoms with E-state index in [1.165, 1.54) is 12.1 Å². The molecule has 1 aromatic carbocycles. The molecule has 0 heterocycles. The molecule has 0 unspecified atom stereocenters. The summed E-state index contributed by atoms with van der Waals surface area (Å²) in [4.78, 5) is 22.6. The van der Waals surface area contributed by atoms with Gasteiger partial charge in [-0.05, 0) is 12.1 Å². The highest BCUT2D eigenvalue weighted by Gasteiger charge is 2.14. The van der Waals surface area contributed by atoms with Crippen LogP contribution in [0.25, 0.3) is 0 Å². The molecule has 0 atom stereocenters. The fourth-order valence-electron chi connectivity index (χ4n) is 1.37. The molecule has 1 amide bonds. The minimum absolute atomic E-state index is 0.0359. The van der Waals surface area contributed by atoms with Gasteiger partial charge in [-0.1, -0.05) is 12.1 Å². The van der Waals surface area contributed by atoms with Crippen molar-refractivity contribution in [2.45, 2.75) is 0 Å². The van der Waals surface area contributed by atoms with E-state index in [1.807, 2.05) is 0 Å². The highest BCUT2D eigenvalue weighted by Crippen LogP contribution is 2.08. The lowest BCUT2D eigenvalue weighted by Crippen LogP contribution is -2.29. The third-order valence-electron chi connectivity index (χ3n) is 2.17. The fourth-order valence-corrected chi connectivity index (χ4v) is 1.37. The third-order valence-corrected chi connectivity index (χ3v) is 2.17. The molecular weight excluding hydrogens is 238 g/mol. The molecule has 98 valence electrons. The average molecular weight is 253 g/mol. The number of ether oxygens (including phenoxy) is 1. The lowest BCUT2D eigenvalue weighted by Gasteiger charge is -2.07. The minimum Gasteiger partial charge on any atom is -0.478 e. The maximum Gasteiger partial charge on any atom is 0.336 e. The Morgan fingerprint density at radius 3 is 2.44 bits per heavy atom. The first-order valence-corrected chi connectivity index (χ1v) is 5.46. The first-order chi connectivity index (χ1) is 8.66. The largest absolute Gasteiger partial charge is 0.478 e. The Morgan fingerprint density at radius 1 is 1.17 bits per heavy atom. The zero-order chi connectivity index (χ0) is 13.4. The van der Waals surface area contributed by atoms with Crippen LogP contribution >= 0.6 is 0 Å². The van der Waals surface area contributed by atoms with E-state index in [0.717, 1.165) is 0 Å². The molecule has 6 nitrogen and oxygen atoms in total. The third kappa shape index (κ3) is 4.15. The summed E-state index contributed by atoms with van der Waals surface area (Å²) < 4.78 is 4.97. The van der Waals surface area contributed by atoms with E-state index in [9.17, 15) is 9.59 Å². The van der Waals surface area contributed by atoms with Crippen molar-refractivity contribution in [1.82, 2.24) is 5.32 Å². The summed E-state index contributed by atoms with van der Waals surface area (Å²) in [6.45, 7) is 0.658. The fraction of sp³-hybridized carbons (Fsp3) is 0.333. The Balaban J connectivity index is 2.54. The standard InChI is InChI=1S/C12H15NO5/c14-6-8-18-7-5-13-11(15)9-3-1-2-4-10(9)12(16)17/h1-4,14H,5-8H2,(H,13,15)(H,16,17). The lowest BCUT2D eigenvalue weighted by molar-refractivity contribution is 0.0689. The van der Waals surface area contributed by atoms with Crippen LogP contribution in [0.2, 0.25) is 0 Å². The van der Waals surface area contributed by atoms with Gasteiger partial charge < -0.3 is 20.3 Å². The van der Waals surface area contributed by atoms with Gasteiger partial charge in [0.2, 0.25) is 0 Å². The SMILES string of the molecule is O=C(O)c1ccccc1C(=O)NCCOCCO. The highest BCUT2D eigenvalue weighted by atomic mass is 16.5. The number of hydrogen-bond acceptors (Lipinski definition) is 4. The Bertz CT molecular complexity index is 419. The number of aromatic carboxylic acids is 1. The predicted molar refractivity (Wildman–Crippen MR) is 63.6 cm³/mol. The molecule has 1 aromatic rings. The van der Waals surface area contributed by atoms with Crippen LogP contribution in [0.4, 0.5) is 0 Å². The number of rotatable bonds is 7. The number of aliphatic hydroxyl groups excluding tert-OH is 1. The molecule has 1 rings (SSSR count). The molecule has 0 radical (unpaired) electrons. The van der Waals surface area contributed by atoms with Gasteiger partial charge in [0.25, 0.3) is 5.91 Å². The van der Waals surface area contributed by atoms with Gasteiger partial charge in [0.05, 0.1) is 30.9 Å². The van der Waals surface area contributed by atoms with Gasteiger partial charge in [-0.3, -0.25) is 4.79 Å². The molecule has 0 aliphatic carbocycles. The van der Waals surface area contributed by atoms with Crippen LogP contribution in [0.1, 0.15) is 20.7 Å². The summed E-state index contributed by atoms with van der Waals surface area (Å²) in [6, 6.07) is 5.99. The van der Waals surface area contributed by atoms with Crippen LogP contribution in [0.3, 0.4) is 0 Å². The molecular formula is C12H15NO5. The molecule has 18 heavy (non-hydrogen) atoms. The van der Waals surface area contributed by atoms with Crippen LogP contribution in [0.15, 0.2) is 24.3 Å². The second-order valence-corrected chi connectivity index (χ2v) is 3.44. The van der Waals surface area contributed by atoms with Crippen molar-refractivity contribution in [2.75, 3.05) is 26.4 Å². The van der Waals surface area contributed by atoms with Crippen LogP contribution in [-0.4, -0.2) is 48.5 Å². The summed E-state index contributed by atoms with van der Waals surface area (Å²) in [5.74, 6) is -1.60. The van der Waals surface area contributed by atoms with Crippen molar-refractivity contribution < 1.29 is 24.5 Å². The molecule has 0 fully saturated rings. The first-order valence-electron chi connectivity index (χ1n) is 5.46. The maximum absolute atomic E-state index is 11.7. The Kier molecular flexibility index (Phi) is 5.83. The van der Waals surface area contributed by atoms with E-state index >= 15 is 0 Å². The van der Waals surface area contributed by atoms with Crippen LogP contribution in [0.5, 0.6) is 0 Å². The van der Waals surface area contributed by atoms with E-state index in [2.05, 4.69) is 5.32 Å². The van der Waals surface area contributed by atoms with Crippen LogP contribution in [0, 0.1) is 0 Å². The average Bonchev–Trinajstić information content (AvgIpc) is 2.38. The van der Waals surface area contributed by atoms with Crippen LogP contribution < -0.4 is 5.32 Å². The van der Waals surface area contributed by atoms with Crippen molar-refractivity contribution in [1.29, 1.82) is 0 Å². The number of benzene rings is 1. The number of carboxylic acids is 1. The molecule has 0 aliphatic rings. The number of hydrogen-bond donors (Lipinski definition) is 3. The molecule has 3 N–H and O–H groups in total. The molecule has 6 heteroatoms. The van der Waals surface area contributed by atoms with Gasteiger partial charge in [0.15, 0.2) is 0 Å². The van der Waals surface area contributed by atoms with Crippen LogP contribution in [-0.2, 0) is 4.74 Å². The number of carbonyl (C=O) groups excluding carboxylic acids is 1. The van der Waals surface area contributed by atoms with Crippen molar-refractivity contribution in [3.05, 3.63) is 35.4 Å². The summed E-state index contributed by atoms with van der Waals surface area (Å²) in [6.07, 6.45) is 0. The summed E-state index contributed by atoms with van der Waals surface area (Å²) in [7, 11) is 0. The van der Waals surface area contributed by atoms with Gasteiger partial charge in [-0.2, -0.15) is 0 Å². The zero-order valence-electron chi connectivity index (χ0n) is 9.76. The van der Waals surface area contributed by atoms with E-state index in [-0.39, 0.29) is 37.5 Å². The Hall–Kier alpha value is -1.92. The normalized spacial score (nSPS) is 10.1. The van der Waals surface area contributed by atoms with Crippen molar-refractivity contribution in [3.8, 4) is 0 Å². The molecule has 0 aromatic heterocycles. The Morgan fingerprint density at radius 2 is 1.83 bits per heavy atom. The topological polar surface area (TPSA) is 95.9 Å². The van der Waals surface area contributed by atoms with Gasteiger partial charge >= 0.3 is 5.97 Å². The second-order valence-electron chi connectivity index (χ2n) is 3.44. The van der Waals surface area contributed by atoms with E-state index in [4.69, 9.17) is 14.9 Å². The van der Waals surface area contributed by atoms with Gasteiger partial charge in [-0.15, -0.1) is 0 Å². The molecule has 0 aliphatic heterocycles. The molecule has 0 saturated carbocycles. The highest BCUT2D eigenvalue weighted by molar-refractivity contribution is 6.04. The van der Waals surface area contributed by atoms with Crippen molar-refractivity contribution >= 4 is 11.9 Å². The zero-order valence-corrected chi connectivity index (χ0v) is 9.76. The summed E-state index contributed by atoms with van der Waals surface area (Å²) in [5, 5.41) is 19.9. The van der Waals surface area contributed by atoms with Crippen molar-refractivity contribution in [3.63, 3.8) is 0 Å². The van der Waals surface area contributed by atoms with Crippen molar-refractivity contribution in [2.24, 2.45) is 0 Å². The minimum atomic E-state index is -1.14. The lowest BCUT2D eigenvalue weighted by atomic mass is 10.1. The maximum atomic E-state index is 11.7.